The highest BCUT2D eigenvalue weighted by molar-refractivity contribution is 9.10. The van der Waals surface area contributed by atoms with Crippen LogP contribution in [0.5, 0.6) is 0 Å². The molecule has 0 bridgehead atoms. The Morgan fingerprint density at radius 2 is 1.87 bits per heavy atom. The molecule has 15 heavy (non-hydrogen) atoms. The number of amides is 2. The van der Waals surface area contributed by atoms with Crippen LogP contribution in [0.3, 0.4) is 0 Å². The van der Waals surface area contributed by atoms with Crippen molar-refractivity contribution < 1.29 is 9.59 Å². The van der Waals surface area contributed by atoms with Crippen molar-refractivity contribution in [2.24, 2.45) is 0 Å². The van der Waals surface area contributed by atoms with Crippen molar-refractivity contribution in [1.29, 1.82) is 0 Å². The number of rotatable bonds is 5. The van der Waals surface area contributed by atoms with E-state index in [2.05, 4.69) is 21.2 Å². The first-order valence-corrected chi connectivity index (χ1v) is 5.87. The molecule has 0 unspecified atom stereocenters. The van der Waals surface area contributed by atoms with Crippen LogP contribution in [0.15, 0.2) is 0 Å². The molecule has 0 aliphatic heterocycles. The van der Waals surface area contributed by atoms with Crippen molar-refractivity contribution in [1.82, 2.24) is 10.2 Å². The fraction of sp³-hybridized carbons (Fsp3) is 0.800. The minimum atomic E-state index is -0.616. The van der Waals surface area contributed by atoms with E-state index < -0.39 is 4.32 Å². The summed E-state index contributed by atoms with van der Waals surface area (Å²) in [6, 6.07) is 0. The van der Waals surface area contributed by atoms with Gasteiger partial charge in [-0.05, 0) is 27.7 Å². The van der Waals surface area contributed by atoms with Gasteiger partial charge in [-0.15, -0.1) is 0 Å². The van der Waals surface area contributed by atoms with E-state index in [9.17, 15) is 9.59 Å². The largest absolute Gasteiger partial charge is 0.355 e. The fourth-order valence-corrected chi connectivity index (χ4v) is 1.38. The molecule has 0 saturated heterocycles. The maximum atomic E-state index is 11.8. The van der Waals surface area contributed by atoms with E-state index in [1.165, 1.54) is 4.90 Å². The Balaban J connectivity index is 4.38. The van der Waals surface area contributed by atoms with E-state index in [0.29, 0.717) is 13.1 Å². The molecule has 0 aliphatic carbocycles. The van der Waals surface area contributed by atoms with Crippen molar-refractivity contribution in [3.63, 3.8) is 0 Å². The molecular formula is C10H19BrN2O2. The van der Waals surface area contributed by atoms with Crippen LogP contribution in [-0.4, -0.2) is 40.7 Å². The minimum Gasteiger partial charge on any atom is -0.355 e. The summed E-state index contributed by atoms with van der Waals surface area (Å²) < 4.78 is -0.616. The number of carbonyl (C=O) groups is 2. The molecule has 0 atom stereocenters. The maximum absolute atomic E-state index is 11.8. The zero-order chi connectivity index (χ0) is 12.1. The Kier molecular flexibility index (Phi) is 5.87. The molecule has 0 rings (SSSR count). The van der Waals surface area contributed by atoms with Crippen molar-refractivity contribution in [2.45, 2.75) is 32.0 Å². The highest BCUT2D eigenvalue weighted by Gasteiger charge is 2.29. The third kappa shape index (κ3) is 5.16. The lowest BCUT2D eigenvalue weighted by molar-refractivity contribution is -0.137. The second-order valence-electron chi connectivity index (χ2n) is 3.75. The standard InChI is InChI=1S/C10H19BrN2O2/c1-5-12-8(14)7-13(6-2)9(15)10(3,4)11/h5-7H2,1-4H3,(H,12,14). The van der Waals surface area contributed by atoms with Crippen LogP contribution in [0.25, 0.3) is 0 Å². The molecule has 2 amide bonds. The average molecular weight is 279 g/mol. The van der Waals surface area contributed by atoms with Gasteiger partial charge in [-0.1, -0.05) is 15.9 Å². The number of alkyl halides is 1. The summed E-state index contributed by atoms with van der Waals surface area (Å²) in [4.78, 5) is 24.7. The Hall–Kier alpha value is -0.580. The lowest BCUT2D eigenvalue weighted by atomic mass is 10.2. The highest BCUT2D eigenvalue weighted by atomic mass is 79.9. The van der Waals surface area contributed by atoms with Gasteiger partial charge in [-0.25, -0.2) is 0 Å². The number of nitrogens with zero attached hydrogens (tertiary/aromatic N) is 1. The molecule has 0 aromatic rings. The van der Waals surface area contributed by atoms with Gasteiger partial charge in [0.1, 0.15) is 0 Å². The normalized spacial score (nSPS) is 11.0. The first-order chi connectivity index (χ1) is 6.82. The third-order valence-corrected chi connectivity index (χ3v) is 2.23. The van der Waals surface area contributed by atoms with E-state index in [4.69, 9.17) is 0 Å². The molecule has 0 heterocycles. The maximum Gasteiger partial charge on any atom is 0.239 e. The van der Waals surface area contributed by atoms with Gasteiger partial charge in [-0.2, -0.15) is 0 Å². The van der Waals surface area contributed by atoms with Gasteiger partial charge < -0.3 is 10.2 Å². The first-order valence-electron chi connectivity index (χ1n) is 5.07. The fourth-order valence-electron chi connectivity index (χ4n) is 1.13. The number of nitrogens with one attached hydrogen (secondary N) is 1. The van der Waals surface area contributed by atoms with Crippen LogP contribution in [0.2, 0.25) is 0 Å². The van der Waals surface area contributed by atoms with E-state index >= 15 is 0 Å². The molecule has 0 aromatic carbocycles. The van der Waals surface area contributed by atoms with Crippen LogP contribution in [0, 0.1) is 0 Å². The molecule has 0 saturated carbocycles. The van der Waals surface area contributed by atoms with E-state index in [1.54, 1.807) is 13.8 Å². The highest BCUT2D eigenvalue weighted by Crippen LogP contribution is 2.18. The van der Waals surface area contributed by atoms with Gasteiger partial charge in [0.2, 0.25) is 11.8 Å². The van der Waals surface area contributed by atoms with Crippen LogP contribution >= 0.6 is 15.9 Å². The Labute approximate surface area is 99.5 Å². The third-order valence-electron chi connectivity index (χ3n) is 1.89. The van der Waals surface area contributed by atoms with Gasteiger partial charge in [0.05, 0.1) is 10.9 Å². The second kappa shape index (κ2) is 6.10. The van der Waals surface area contributed by atoms with Gasteiger partial charge in [0.25, 0.3) is 0 Å². The minimum absolute atomic E-state index is 0.0729. The van der Waals surface area contributed by atoms with E-state index in [-0.39, 0.29) is 18.4 Å². The van der Waals surface area contributed by atoms with Crippen molar-refractivity contribution >= 4 is 27.7 Å². The molecule has 0 radical (unpaired) electrons. The van der Waals surface area contributed by atoms with Crippen LogP contribution in [-0.2, 0) is 9.59 Å². The zero-order valence-electron chi connectivity index (χ0n) is 9.76. The van der Waals surface area contributed by atoms with Gasteiger partial charge >= 0.3 is 0 Å². The average Bonchev–Trinajstić information content (AvgIpc) is 2.12. The summed E-state index contributed by atoms with van der Waals surface area (Å²) in [6.07, 6.45) is 0. The number of hydrogen-bond donors (Lipinski definition) is 1. The molecule has 4 nitrogen and oxygen atoms in total. The zero-order valence-corrected chi connectivity index (χ0v) is 11.3. The number of halogens is 1. The SMILES string of the molecule is CCNC(=O)CN(CC)C(=O)C(C)(C)Br. The van der Waals surface area contributed by atoms with Gasteiger partial charge in [0.15, 0.2) is 0 Å². The monoisotopic (exact) mass is 278 g/mol. The quantitative estimate of drug-likeness (QED) is 0.767. The topological polar surface area (TPSA) is 49.4 Å². The summed E-state index contributed by atoms with van der Waals surface area (Å²) in [5, 5.41) is 2.67. The summed E-state index contributed by atoms with van der Waals surface area (Å²) in [5.74, 6) is -0.194. The van der Waals surface area contributed by atoms with Crippen LogP contribution in [0.1, 0.15) is 27.7 Å². The number of likely N-dealkylation sites (N-methyl/N-ethyl adjacent to an activating group) is 2. The summed E-state index contributed by atoms with van der Waals surface area (Å²) in [6.45, 7) is 8.50. The lowest BCUT2D eigenvalue weighted by Crippen LogP contribution is -2.46. The predicted molar refractivity (Wildman–Crippen MR) is 63.9 cm³/mol. The molecular weight excluding hydrogens is 260 g/mol. The smallest absolute Gasteiger partial charge is 0.239 e. The summed E-state index contributed by atoms with van der Waals surface area (Å²) in [5.41, 5.74) is 0. The number of carbonyl (C=O) groups excluding carboxylic acids is 2. The van der Waals surface area contributed by atoms with Gasteiger partial charge in [-0.3, -0.25) is 9.59 Å². The second-order valence-corrected chi connectivity index (χ2v) is 5.73. The molecule has 0 aromatic heterocycles. The molecule has 0 aliphatic rings. The van der Waals surface area contributed by atoms with Gasteiger partial charge in [0, 0.05) is 13.1 Å². The summed E-state index contributed by atoms with van der Waals surface area (Å²) in [7, 11) is 0. The Morgan fingerprint density at radius 3 is 2.20 bits per heavy atom. The van der Waals surface area contributed by atoms with E-state index in [0.717, 1.165) is 0 Å². The lowest BCUT2D eigenvalue weighted by Gasteiger charge is -2.26. The molecule has 0 spiro atoms. The van der Waals surface area contributed by atoms with E-state index in [1.807, 2.05) is 13.8 Å². The van der Waals surface area contributed by atoms with Crippen LogP contribution in [0.4, 0.5) is 0 Å². The predicted octanol–water partition coefficient (Wildman–Crippen LogP) is 1.14. The van der Waals surface area contributed by atoms with Crippen molar-refractivity contribution in [3.8, 4) is 0 Å². The molecule has 0 fully saturated rings. The number of hydrogen-bond acceptors (Lipinski definition) is 2. The Morgan fingerprint density at radius 1 is 1.33 bits per heavy atom. The summed E-state index contributed by atoms with van der Waals surface area (Å²) >= 11 is 3.29. The Bertz CT molecular complexity index is 236. The van der Waals surface area contributed by atoms with Crippen molar-refractivity contribution in [2.75, 3.05) is 19.6 Å². The first kappa shape index (κ1) is 14.4. The van der Waals surface area contributed by atoms with Crippen LogP contribution < -0.4 is 5.32 Å². The molecule has 5 heteroatoms. The van der Waals surface area contributed by atoms with Crippen molar-refractivity contribution in [3.05, 3.63) is 0 Å². The molecule has 88 valence electrons. The molecule has 1 N–H and O–H groups in total.